The Kier molecular flexibility index (Phi) is 2.46. The van der Waals surface area contributed by atoms with Crippen LogP contribution in [0.1, 0.15) is 33.3 Å². The van der Waals surface area contributed by atoms with Gasteiger partial charge in [-0.1, -0.05) is 12.1 Å². The monoisotopic (exact) mass is 210 g/mol. The Morgan fingerprint density at radius 1 is 1.57 bits per heavy atom. The molecule has 0 heterocycles. The van der Waals surface area contributed by atoms with E-state index < -0.39 is 0 Å². The molecule has 0 radical (unpaired) electrons. The summed E-state index contributed by atoms with van der Waals surface area (Å²) in [7, 11) is 1.40. The number of alkyl halides is 1. The Morgan fingerprint density at radius 3 is 3.07 bits per heavy atom. The zero-order valence-electron chi connectivity index (χ0n) is 7.92. The average molecular weight is 211 g/mol. The second-order valence-corrected chi connectivity index (χ2v) is 3.90. The summed E-state index contributed by atoms with van der Waals surface area (Å²) in [4.78, 5) is 11.4. The number of methoxy groups -OCH3 is 1. The van der Waals surface area contributed by atoms with E-state index >= 15 is 0 Å². The summed E-state index contributed by atoms with van der Waals surface area (Å²) in [6, 6.07) is 5.62. The van der Waals surface area contributed by atoms with Gasteiger partial charge >= 0.3 is 5.97 Å². The van der Waals surface area contributed by atoms with E-state index in [1.54, 1.807) is 6.07 Å². The number of halogens is 1. The number of benzene rings is 1. The van der Waals surface area contributed by atoms with Crippen LogP contribution in [0.3, 0.4) is 0 Å². The first-order chi connectivity index (χ1) is 6.74. The maximum absolute atomic E-state index is 11.4. The van der Waals surface area contributed by atoms with E-state index in [2.05, 4.69) is 0 Å². The maximum atomic E-state index is 11.4. The number of fused-ring (bicyclic) bond motifs is 1. The fourth-order valence-electron chi connectivity index (χ4n) is 1.90. The molecule has 1 aromatic rings. The first-order valence-electron chi connectivity index (χ1n) is 4.58. The molecule has 0 bridgehead atoms. The topological polar surface area (TPSA) is 26.3 Å². The number of carbonyl (C=O) groups excluding carboxylic acids is 1. The molecular weight excluding hydrogens is 200 g/mol. The molecule has 0 aliphatic heterocycles. The predicted octanol–water partition coefficient (Wildman–Crippen LogP) is 2.70. The van der Waals surface area contributed by atoms with Gasteiger partial charge in [-0.05, 0) is 30.0 Å². The van der Waals surface area contributed by atoms with E-state index in [1.165, 1.54) is 7.11 Å². The second kappa shape index (κ2) is 3.62. The molecule has 3 heteroatoms. The predicted molar refractivity (Wildman–Crippen MR) is 54.7 cm³/mol. The van der Waals surface area contributed by atoms with Gasteiger partial charge in [-0.25, -0.2) is 4.79 Å². The fraction of sp³-hybridized carbons (Fsp3) is 0.364. The normalized spacial score (nSPS) is 19.1. The number of hydrogen-bond donors (Lipinski definition) is 0. The minimum Gasteiger partial charge on any atom is -0.465 e. The third-order valence-electron chi connectivity index (χ3n) is 2.60. The van der Waals surface area contributed by atoms with E-state index in [0.29, 0.717) is 5.56 Å². The van der Waals surface area contributed by atoms with Gasteiger partial charge in [0.25, 0.3) is 0 Å². The van der Waals surface area contributed by atoms with Crippen molar-refractivity contribution in [2.75, 3.05) is 7.11 Å². The molecule has 1 aliphatic rings. The molecule has 0 spiro atoms. The van der Waals surface area contributed by atoms with Crippen LogP contribution < -0.4 is 0 Å². The summed E-state index contributed by atoms with van der Waals surface area (Å²) < 4.78 is 4.71. The molecule has 0 N–H and O–H groups in total. The van der Waals surface area contributed by atoms with E-state index in [-0.39, 0.29) is 11.3 Å². The fourth-order valence-corrected chi connectivity index (χ4v) is 2.22. The van der Waals surface area contributed by atoms with E-state index in [0.717, 1.165) is 24.0 Å². The van der Waals surface area contributed by atoms with Crippen LogP contribution in [0.4, 0.5) is 0 Å². The zero-order valence-corrected chi connectivity index (χ0v) is 8.67. The summed E-state index contributed by atoms with van der Waals surface area (Å²) in [5, 5.41) is 0.0506. The maximum Gasteiger partial charge on any atom is 0.338 e. The second-order valence-electron chi connectivity index (χ2n) is 3.37. The van der Waals surface area contributed by atoms with Crippen molar-refractivity contribution in [2.24, 2.45) is 0 Å². The lowest BCUT2D eigenvalue weighted by Gasteiger charge is -2.06. The van der Waals surface area contributed by atoms with Crippen molar-refractivity contribution in [3.05, 3.63) is 34.9 Å². The summed E-state index contributed by atoms with van der Waals surface area (Å²) >= 11 is 6.11. The minimum atomic E-state index is -0.271. The number of hydrogen-bond acceptors (Lipinski definition) is 2. The lowest BCUT2D eigenvalue weighted by atomic mass is 10.0. The molecule has 1 aliphatic carbocycles. The Labute approximate surface area is 87.8 Å². The van der Waals surface area contributed by atoms with Crippen molar-refractivity contribution in [1.82, 2.24) is 0 Å². The van der Waals surface area contributed by atoms with Crippen LogP contribution in [0.25, 0.3) is 0 Å². The lowest BCUT2D eigenvalue weighted by molar-refractivity contribution is 0.0599. The van der Waals surface area contributed by atoms with Gasteiger partial charge < -0.3 is 4.74 Å². The SMILES string of the molecule is COC(=O)c1cccc2c1CCC2Cl. The van der Waals surface area contributed by atoms with Crippen molar-refractivity contribution in [3.8, 4) is 0 Å². The van der Waals surface area contributed by atoms with Crippen molar-refractivity contribution < 1.29 is 9.53 Å². The molecule has 0 saturated carbocycles. The van der Waals surface area contributed by atoms with Crippen LogP contribution in [0.5, 0.6) is 0 Å². The third-order valence-corrected chi connectivity index (χ3v) is 3.06. The lowest BCUT2D eigenvalue weighted by Crippen LogP contribution is -2.05. The number of carbonyl (C=O) groups is 1. The third kappa shape index (κ3) is 1.40. The van der Waals surface area contributed by atoms with Gasteiger partial charge in [0.15, 0.2) is 0 Å². The van der Waals surface area contributed by atoms with E-state index in [4.69, 9.17) is 16.3 Å². The number of rotatable bonds is 1. The van der Waals surface area contributed by atoms with Crippen LogP contribution in [0.2, 0.25) is 0 Å². The van der Waals surface area contributed by atoms with Crippen molar-refractivity contribution >= 4 is 17.6 Å². The summed E-state index contributed by atoms with van der Waals surface area (Å²) in [5.74, 6) is -0.271. The van der Waals surface area contributed by atoms with Crippen LogP contribution in [0, 0.1) is 0 Å². The first kappa shape index (κ1) is 9.53. The Morgan fingerprint density at radius 2 is 2.36 bits per heavy atom. The smallest absolute Gasteiger partial charge is 0.338 e. The molecule has 1 atom stereocenters. The van der Waals surface area contributed by atoms with Crippen LogP contribution >= 0.6 is 11.6 Å². The highest BCUT2D eigenvalue weighted by Crippen LogP contribution is 2.37. The Balaban J connectivity index is 2.49. The molecule has 0 amide bonds. The quantitative estimate of drug-likeness (QED) is 0.526. The van der Waals surface area contributed by atoms with Gasteiger partial charge in [-0.3, -0.25) is 0 Å². The highest BCUT2D eigenvalue weighted by atomic mass is 35.5. The zero-order chi connectivity index (χ0) is 10.1. The molecule has 74 valence electrons. The minimum absolute atomic E-state index is 0.0506. The summed E-state index contributed by atoms with van der Waals surface area (Å²) in [6.07, 6.45) is 1.78. The number of esters is 1. The van der Waals surface area contributed by atoms with Gasteiger partial charge in [0.05, 0.1) is 18.1 Å². The van der Waals surface area contributed by atoms with Gasteiger partial charge in [0, 0.05) is 0 Å². The van der Waals surface area contributed by atoms with Gasteiger partial charge in [-0.15, -0.1) is 11.6 Å². The highest BCUT2D eigenvalue weighted by Gasteiger charge is 2.25. The molecule has 0 aromatic heterocycles. The number of ether oxygens (including phenoxy) is 1. The summed E-state index contributed by atoms with van der Waals surface area (Å²) in [6.45, 7) is 0. The van der Waals surface area contributed by atoms with Gasteiger partial charge in [0.1, 0.15) is 0 Å². The van der Waals surface area contributed by atoms with Crippen LogP contribution in [0.15, 0.2) is 18.2 Å². The largest absolute Gasteiger partial charge is 0.465 e. The van der Waals surface area contributed by atoms with Gasteiger partial charge in [-0.2, -0.15) is 0 Å². The van der Waals surface area contributed by atoms with Crippen molar-refractivity contribution in [2.45, 2.75) is 18.2 Å². The standard InChI is InChI=1S/C11H11ClO2/c1-14-11(13)9-4-2-3-8-7(9)5-6-10(8)12/h2-4,10H,5-6H2,1H3. The van der Waals surface area contributed by atoms with Crippen LogP contribution in [-0.2, 0) is 11.2 Å². The molecule has 2 nitrogen and oxygen atoms in total. The Bertz CT molecular complexity index is 374. The molecule has 0 fully saturated rings. The van der Waals surface area contributed by atoms with E-state index in [9.17, 15) is 4.79 Å². The van der Waals surface area contributed by atoms with E-state index in [1.807, 2.05) is 12.1 Å². The average Bonchev–Trinajstić information content (AvgIpc) is 2.59. The van der Waals surface area contributed by atoms with Crippen molar-refractivity contribution in [3.63, 3.8) is 0 Å². The molecule has 0 saturated heterocycles. The molecule has 1 aromatic carbocycles. The molecule has 2 rings (SSSR count). The molecule has 14 heavy (non-hydrogen) atoms. The molecule has 1 unspecified atom stereocenters. The molecular formula is C11H11ClO2. The van der Waals surface area contributed by atoms with Gasteiger partial charge in [0.2, 0.25) is 0 Å². The highest BCUT2D eigenvalue weighted by molar-refractivity contribution is 6.21. The van der Waals surface area contributed by atoms with Crippen LogP contribution in [-0.4, -0.2) is 13.1 Å². The first-order valence-corrected chi connectivity index (χ1v) is 5.02. The Hall–Kier alpha value is -1.02. The summed E-state index contributed by atoms with van der Waals surface area (Å²) in [5.41, 5.74) is 2.79. The van der Waals surface area contributed by atoms with Crippen molar-refractivity contribution in [1.29, 1.82) is 0 Å².